The van der Waals surface area contributed by atoms with Gasteiger partial charge in [-0.1, -0.05) is 13.8 Å². The van der Waals surface area contributed by atoms with Crippen LogP contribution in [0.25, 0.3) is 0 Å². The van der Waals surface area contributed by atoms with Gasteiger partial charge in [-0.15, -0.1) is 0 Å². The van der Waals surface area contributed by atoms with Crippen molar-refractivity contribution in [1.82, 2.24) is 4.90 Å². The lowest BCUT2D eigenvalue weighted by Gasteiger charge is -2.41. The fraction of sp³-hybridized carbons (Fsp3) is 1.00. The Labute approximate surface area is 80.9 Å². The van der Waals surface area contributed by atoms with E-state index in [4.69, 9.17) is 5.73 Å². The minimum absolute atomic E-state index is 0.405. The van der Waals surface area contributed by atoms with Gasteiger partial charge in [0.2, 0.25) is 0 Å². The molecule has 0 radical (unpaired) electrons. The fourth-order valence-electron chi connectivity index (χ4n) is 2.29. The molecule has 1 atom stereocenters. The van der Waals surface area contributed by atoms with Crippen molar-refractivity contribution < 1.29 is 5.11 Å². The summed E-state index contributed by atoms with van der Waals surface area (Å²) in [5.74, 6) is 0. The number of β-amino-alcohol motifs (C(OH)–C–C–N with tert-alkyl or cyclic N) is 1. The third kappa shape index (κ3) is 1.73. The van der Waals surface area contributed by atoms with Crippen molar-refractivity contribution in [3.63, 3.8) is 0 Å². The standard InChI is InChI=1S/C10H22N2O/c1-4-9(11,5-2)10(13)6-7-12(3)8-10/h13H,4-8,11H2,1-3H3. The van der Waals surface area contributed by atoms with E-state index in [0.717, 1.165) is 25.8 Å². The number of nitrogens with two attached hydrogens (primary N) is 1. The van der Waals surface area contributed by atoms with Gasteiger partial charge in [0.25, 0.3) is 0 Å². The number of hydrogen-bond donors (Lipinski definition) is 2. The third-order valence-electron chi connectivity index (χ3n) is 3.63. The molecule has 1 saturated heterocycles. The van der Waals surface area contributed by atoms with E-state index in [1.165, 1.54) is 0 Å². The number of likely N-dealkylation sites (N-methyl/N-ethyl adjacent to an activating group) is 1. The molecule has 1 heterocycles. The molecule has 1 aliphatic heterocycles. The van der Waals surface area contributed by atoms with Crippen LogP contribution in [0.4, 0.5) is 0 Å². The molecule has 0 saturated carbocycles. The first-order valence-electron chi connectivity index (χ1n) is 5.17. The average Bonchev–Trinajstić information content (AvgIpc) is 2.46. The molecule has 0 aromatic heterocycles. The second kappa shape index (κ2) is 3.56. The lowest BCUT2D eigenvalue weighted by Crippen LogP contribution is -2.61. The molecule has 1 fully saturated rings. The summed E-state index contributed by atoms with van der Waals surface area (Å²) in [5, 5.41) is 10.4. The van der Waals surface area contributed by atoms with E-state index in [-0.39, 0.29) is 0 Å². The molecule has 3 nitrogen and oxygen atoms in total. The highest BCUT2D eigenvalue weighted by molar-refractivity contribution is 5.06. The molecule has 0 spiro atoms. The zero-order chi connectivity index (χ0) is 10.1. The molecule has 0 aliphatic carbocycles. The third-order valence-corrected chi connectivity index (χ3v) is 3.63. The van der Waals surface area contributed by atoms with E-state index in [1.54, 1.807) is 0 Å². The first kappa shape index (κ1) is 11.0. The summed E-state index contributed by atoms with van der Waals surface area (Å²) in [5.41, 5.74) is 5.14. The fourth-order valence-corrected chi connectivity index (χ4v) is 2.29. The molecule has 0 bridgehead atoms. The second-order valence-corrected chi connectivity index (χ2v) is 4.38. The van der Waals surface area contributed by atoms with Crippen LogP contribution in [0.3, 0.4) is 0 Å². The van der Waals surface area contributed by atoms with Gasteiger partial charge >= 0.3 is 0 Å². The Morgan fingerprint density at radius 2 is 2.00 bits per heavy atom. The molecule has 1 unspecified atom stereocenters. The van der Waals surface area contributed by atoms with Crippen molar-refractivity contribution in [2.24, 2.45) is 5.73 Å². The maximum Gasteiger partial charge on any atom is 0.0964 e. The van der Waals surface area contributed by atoms with Gasteiger partial charge in [-0.3, -0.25) is 0 Å². The predicted molar refractivity (Wildman–Crippen MR) is 54.6 cm³/mol. The average molecular weight is 186 g/mol. The van der Waals surface area contributed by atoms with E-state index in [1.807, 2.05) is 7.05 Å². The van der Waals surface area contributed by atoms with Gasteiger partial charge < -0.3 is 15.7 Å². The highest BCUT2D eigenvalue weighted by atomic mass is 16.3. The maximum absolute atomic E-state index is 10.4. The molecule has 3 N–H and O–H groups in total. The van der Waals surface area contributed by atoms with Crippen molar-refractivity contribution in [2.75, 3.05) is 20.1 Å². The normalized spacial score (nSPS) is 31.2. The van der Waals surface area contributed by atoms with Gasteiger partial charge in [0.1, 0.15) is 0 Å². The van der Waals surface area contributed by atoms with Crippen molar-refractivity contribution >= 4 is 0 Å². The van der Waals surface area contributed by atoms with Crippen LogP contribution in [-0.2, 0) is 0 Å². The zero-order valence-electron chi connectivity index (χ0n) is 9.01. The maximum atomic E-state index is 10.4. The lowest BCUT2D eigenvalue weighted by atomic mass is 9.76. The van der Waals surface area contributed by atoms with Gasteiger partial charge in [0.05, 0.1) is 5.60 Å². The monoisotopic (exact) mass is 186 g/mol. The smallest absolute Gasteiger partial charge is 0.0964 e. The Kier molecular flexibility index (Phi) is 3.00. The van der Waals surface area contributed by atoms with Gasteiger partial charge in [0, 0.05) is 18.6 Å². The summed E-state index contributed by atoms with van der Waals surface area (Å²) in [6.07, 6.45) is 2.49. The van der Waals surface area contributed by atoms with E-state index < -0.39 is 11.1 Å². The summed E-state index contributed by atoms with van der Waals surface area (Å²) in [4.78, 5) is 2.15. The Bertz CT molecular complexity index is 180. The molecule has 3 heteroatoms. The van der Waals surface area contributed by atoms with Crippen LogP contribution in [0.1, 0.15) is 33.1 Å². The minimum Gasteiger partial charge on any atom is -0.387 e. The quantitative estimate of drug-likeness (QED) is 0.677. The molecular formula is C10H22N2O. The Morgan fingerprint density at radius 1 is 1.46 bits per heavy atom. The van der Waals surface area contributed by atoms with Crippen LogP contribution >= 0.6 is 0 Å². The van der Waals surface area contributed by atoms with Gasteiger partial charge in [-0.25, -0.2) is 0 Å². The van der Waals surface area contributed by atoms with Gasteiger partial charge in [0.15, 0.2) is 0 Å². The predicted octanol–water partition coefficient (Wildman–Crippen LogP) is 0.570. The molecule has 0 aromatic rings. The Morgan fingerprint density at radius 3 is 2.31 bits per heavy atom. The number of nitrogens with zero attached hydrogens (tertiary/aromatic N) is 1. The SMILES string of the molecule is CCC(N)(CC)C1(O)CCN(C)C1. The van der Waals surface area contributed by atoms with Crippen LogP contribution in [0.5, 0.6) is 0 Å². The van der Waals surface area contributed by atoms with E-state index in [2.05, 4.69) is 18.7 Å². The largest absolute Gasteiger partial charge is 0.387 e. The van der Waals surface area contributed by atoms with Crippen molar-refractivity contribution in [2.45, 2.75) is 44.2 Å². The minimum atomic E-state index is -0.675. The summed E-state index contributed by atoms with van der Waals surface area (Å²) in [6, 6.07) is 0. The molecule has 0 aromatic carbocycles. The van der Waals surface area contributed by atoms with Gasteiger partial charge in [-0.2, -0.15) is 0 Å². The molecule has 78 valence electrons. The molecule has 0 amide bonds. The zero-order valence-corrected chi connectivity index (χ0v) is 9.01. The second-order valence-electron chi connectivity index (χ2n) is 4.38. The van der Waals surface area contributed by atoms with Crippen molar-refractivity contribution in [3.05, 3.63) is 0 Å². The highest BCUT2D eigenvalue weighted by Crippen LogP contribution is 2.34. The molecule has 1 rings (SSSR count). The number of aliphatic hydroxyl groups is 1. The number of rotatable bonds is 3. The first-order chi connectivity index (χ1) is 5.97. The van der Waals surface area contributed by atoms with E-state index >= 15 is 0 Å². The summed E-state index contributed by atoms with van der Waals surface area (Å²) >= 11 is 0. The Hall–Kier alpha value is -0.120. The lowest BCUT2D eigenvalue weighted by molar-refractivity contribution is -0.0290. The topological polar surface area (TPSA) is 49.5 Å². The summed E-state index contributed by atoms with van der Waals surface area (Å²) < 4.78 is 0. The number of likely N-dealkylation sites (tertiary alicyclic amines) is 1. The highest BCUT2D eigenvalue weighted by Gasteiger charge is 2.48. The van der Waals surface area contributed by atoms with Crippen LogP contribution in [0.15, 0.2) is 0 Å². The Balaban J connectivity index is 2.78. The first-order valence-corrected chi connectivity index (χ1v) is 5.17. The van der Waals surface area contributed by atoms with Crippen molar-refractivity contribution in [1.29, 1.82) is 0 Å². The van der Waals surface area contributed by atoms with Gasteiger partial charge in [-0.05, 0) is 26.3 Å². The molecule has 13 heavy (non-hydrogen) atoms. The molecular weight excluding hydrogens is 164 g/mol. The van der Waals surface area contributed by atoms with Crippen LogP contribution in [0, 0.1) is 0 Å². The van der Waals surface area contributed by atoms with Crippen LogP contribution < -0.4 is 5.73 Å². The van der Waals surface area contributed by atoms with Crippen molar-refractivity contribution in [3.8, 4) is 0 Å². The van der Waals surface area contributed by atoms with E-state index in [9.17, 15) is 5.11 Å². The van der Waals surface area contributed by atoms with Crippen LogP contribution in [0.2, 0.25) is 0 Å². The summed E-state index contributed by atoms with van der Waals surface area (Å²) in [7, 11) is 2.03. The molecule has 1 aliphatic rings. The van der Waals surface area contributed by atoms with Crippen LogP contribution in [-0.4, -0.2) is 41.3 Å². The summed E-state index contributed by atoms with van der Waals surface area (Å²) in [6.45, 7) is 5.78. The number of hydrogen-bond acceptors (Lipinski definition) is 3. The van der Waals surface area contributed by atoms with E-state index in [0.29, 0.717) is 6.54 Å².